The summed E-state index contributed by atoms with van der Waals surface area (Å²) >= 11 is 0. The highest BCUT2D eigenvalue weighted by molar-refractivity contribution is 5.99. The van der Waals surface area contributed by atoms with Crippen molar-refractivity contribution < 1.29 is 14.7 Å². The van der Waals surface area contributed by atoms with Crippen LogP contribution in [0.15, 0.2) is 18.3 Å². The van der Waals surface area contributed by atoms with Crippen LogP contribution < -0.4 is 11.1 Å². The van der Waals surface area contributed by atoms with Crippen LogP contribution in [-0.2, 0) is 4.79 Å². The lowest BCUT2D eigenvalue weighted by molar-refractivity contribution is -0.144. The largest absolute Gasteiger partial charge is 0.480 e. The molecule has 6 nitrogen and oxygen atoms in total. The first-order valence-corrected chi connectivity index (χ1v) is 5.67. The Balaban J connectivity index is 2.93. The topological polar surface area (TPSA) is 105 Å². The summed E-state index contributed by atoms with van der Waals surface area (Å²) in [6, 6.07) is 3.15. The van der Waals surface area contributed by atoms with E-state index in [0.717, 1.165) is 0 Å². The fourth-order valence-corrected chi connectivity index (χ4v) is 1.64. The summed E-state index contributed by atoms with van der Waals surface area (Å²) < 4.78 is 0. The van der Waals surface area contributed by atoms with Crippen molar-refractivity contribution in [1.82, 2.24) is 10.3 Å². The summed E-state index contributed by atoms with van der Waals surface area (Å²) in [4.78, 5) is 27.0. The number of aromatic nitrogens is 1. The Kier molecular flexibility index (Phi) is 4.25. The van der Waals surface area contributed by atoms with E-state index in [4.69, 9.17) is 10.8 Å². The molecule has 0 radical (unpaired) electrons. The molecule has 4 N–H and O–H groups in total. The molecule has 98 valence electrons. The Morgan fingerprint density at radius 3 is 2.72 bits per heavy atom. The quantitative estimate of drug-likeness (QED) is 0.725. The molecule has 1 atom stereocenters. The maximum absolute atomic E-state index is 11.9. The zero-order valence-electron chi connectivity index (χ0n) is 10.4. The number of nitrogens with zero attached hydrogens (tertiary/aromatic N) is 1. The summed E-state index contributed by atoms with van der Waals surface area (Å²) in [5.41, 5.74) is 4.57. The van der Waals surface area contributed by atoms with Crippen molar-refractivity contribution in [3.05, 3.63) is 24.0 Å². The van der Waals surface area contributed by atoms with Gasteiger partial charge >= 0.3 is 5.97 Å². The van der Waals surface area contributed by atoms with Gasteiger partial charge in [0, 0.05) is 6.20 Å². The number of aliphatic carboxylic acids is 1. The highest BCUT2D eigenvalue weighted by Crippen LogP contribution is 2.15. The zero-order valence-corrected chi connectivity index (χ0v) is 10.4. The Labute approximate surface area is 105 Å². The lowest BCUT2D eigenvalue weighted by atomic mass is 9.96. The highest BCUT2D eigenvalue weighted by Gasteiger charge is 2.34. The number of amides is 1. The number of carboxylic acids is 1. The van der Waals surface area contributed by atoms with Crippen molar-refractivity contribution in [2.24, 2.45) is 0 Å². The molecule has 1 aromatic rings. The summed E-state index contributed by atoms with van der Waals surface area (Å²) in [5, 5.41) is 11.6. The SMILES string of the molecule is CCCC(C)(NC(=O)c1ncccc1N)C(=O)O. The first-order chi connectivity index (χ1) is 8.40. The molecule has 6 heteroatoms. The molecule has 1 aromatic heterocycles. The predicted octanol–water partition coefficient (Wildman–Crippen LogP) is 1.04. The van der Waals surface area contributed by atoms with Crippen molar-refractivity contribution >= 4 is 17.6 Å². The van der Waals surface area contributed by atoms with E-state index in [1.807, 2.05) is 6.92 Å². The van der Waals surface area contributed by atoms with Crippen molar-refractivity contribution in [3.8, 4) is 0 Å². The third kappa shape index (κ3) is 2.97. The van der Waals surface area contributed by atoms with Gasteiger partial charge in [0.1, 0.15) is 5.54 Å². The minimum Gasteiger partial charge on any atom is -0.480 e. The van der Waals surface area contributed by atoms with Crippen molar-refractivity contribution in [2.45, 2.75) is 32.2 Å². The van der Waals surface area contributed by atoms with E-state index in [-0.39, 0.29) is 11.4 Å². The number of nitrogen functional groups attached to an aromatic ring is 1. The van der Waals surface area contributed by atoms with E-state index in [2.05, 4.69) is 10.3 Å². The van der Waals surface area contributed by atoms with Gasteiger partial charge in [0.25, 0.3) is 5.91 Å². The van der Waals surface area contributed by atoms with Crippen LogP contribution in [0, 0.1) is 0 Å². The molecule has 0 aromatic carbocycles. The van der Waals surface area contributed by atoms with Crippen molar-refractivity contribution in [1.29, 1.82) is 0 Å². The van der Waals surface area contributed by atoms with Crippen molar-refractivity contribution in [3.63, 3.8) is 0 Å². The minimum absolute atomic E-state index is 0.0427. The van der Waals surface area contributed by atoms with E-state index >= 15 is 0 Å². The van der Waals surface area contributed by atoms with Crippen LogP contribution >= 0.6 is 0 Å². The van der Waals surface area contributed by atoms with Crippen LogP contribution in [0.2, 0.25) is 0 Å². The first kappa shape index (κ1) is 14.0. The minimum atomic E-state index is -1.31. The summed E-state index contributed by atoms with van der Waals surface area (Å²) in [6.45, 7) is 3.32. The summed E-state index contributed by atoms with van der Waals surface area (Å²) in [5.74, 6) is -1.65. The van der Waals surface area contributed by atoms with E-state index in [9.17, 15) is 9.59 Å². The number of carboxylic acid groups (broad SMARTS) is 1. The van der Waals surface area contributed by atoms with Gasteiger partial charge in [0.2, 0.25) is 0 Å². The molecule has 0 aliphatic carbocycles. The molecule has 18 heavy (non-hydrogen) atoms. The molecular formula is C12H17N3O3. The van der Waals surface area contributed by atoms with Gasteiger partial charge in [-0.1, -0.05) is 13.3 Å². The fraction of sp³-hybridized carbons (Fsp3) is 0.417. The average Bonchev–Trinajstić information content (AvgIpc) is 2.29. The molecule has 1 rings (SSSR count). The number of hydrogen-bond donors (Lipinski definition) is 3. The first-order valence-electron chi connectivity index (χ1n) is 5.67. The monoisotopic (exact) mass is 251 g/mol. The number of carbonyl (C=O) groups excluding carboxylic acids is 1. The number of nitrogens with two attached hydrogens (primary N) is 1. The van der Waals surface area contributed by atoms with Gasteiger partial charge < -0.3 is 16.2 Å². The van der Waals surface area contributed by atoms with Crippen molar-refractivity contribution in [2.75, 3.05) is 5.73 Å². The normalized spacial score (nSPS) is 13.7. The number of hydrogen-bond acceptors (Lipinski definition) is 4. The van der Waals surface area contributed by atoms with Gasteiger partial charge in [-0.25, -0.2) is 9.78 Å². The molecule has 0 aliphatic rings. The molecule has 0 aliphatic heterocycles. The third-order valence-corrected chi connectivity index (χ3v) is 2.67. The van der Waals surface area contributed by atoms with Gasteiger partial charge in [-0.3, -0.25) is 4.79 Å². The standard InChI is InChI=1S/C12H17N3O3/c1-3-6-12(2,11(17)18)15-10(16)9-8(13)5-4-7-14-9/h4-5,7H,3,6,13H2,1-2H3,(H,15,16)(H,17,18). The molecule has 0 spiro atoms. The Bertz CT molecular complexity index is 462. The van der Waals surface area contributed by atoms with Crippen LogP contribution in [0.1, 0.15) is 37.2 Å². The van der Waals surface area contributed by atoms with Gasteiger partial charge in [-0.05, 0) is 25.5 Å². The predicted molar refractivity (Wildman–Crippen MR) is 67.1 cm³/mol. The lowest BCUT2D eigenvalue weighted by Crippen LogP contribution is -2.52. The zero-order chi connectivity index (χ0) is 13.8. The fourth-order valence-electron chi connectivity index (χ4n) is 1.64. The Morgan fingerprint density at radius 1 is 1.56 bits per heavy atom. The molecule has 1 unspecified atom stereocenters. The van der Waals surface area contributed by atoms with E-state index in [1.54, 1.807) is 12.1 Å². The van der Waals surface area contributed by atoms with Crippen LogP contribution in [0.5, 0.6) is 0 Å². The van der Waals surface area contributed by atoms with E-state index in [0.29, 0.717) is 12.8 Å². The van der Waals surface area contributed by atoms with E-state index < -0.39 is 17.4 Å². The molecule has 0 bridgehead atoms. The molecule has 1 heterocycles. The molecule has 1 amide bonds. The maximum atomic E-state index is 11.9. The van der Waals surface area contributed by atoms with Crippen LogP contribution in [0.4, 0.5) is 5.69 Å². The second-order valence-electron chi connectivity index (χ2n) is 4.28. The Morgan fingerprint density at radius 2 is 2.22 bits per heavy atom. The summed E-state index contributed by atoms with van der Waals surface area (Å²) in [6.07, 6.45) is 2.41. The lowest BCUT2D eigenvalue weighted by Gasteiger charge is -2.25. The molecule has 0 fully saturated rings. The van der Waals surface area contributed by atoms with Gasteiger partial charge in [0.05, 0.1) is 5.69 Å². The van der Waals surface area contributed by atoms with Gasteiger partial charge in [-0.15, -0.1) is 0 Å². The third-order valence-electron chi connectivity index (χ3n) is 2.67. The number of anilines is 1. The second kappa shape index (κ2) is 5.48. The smallest absolute Gasteiger partial charge is 0.329 e. The van der Waals surface area contributed by atoms with E-state index in [1.165, 1.54) is 13.1 Å². The number of rotatable bonds is 5. The number of pyridine rings is 1. The maximum Gasteiger partial charge on any atom is 0.329 e. The Hall–Kier alpha value is -2.11. The summed E-state index contributed by atoms with van der Waals surface area (Å²) in [7, 11) is 0. The molecular weight excluding hydrogens is 234 g/mol. The number of nitrogens with one attached hydrogen (secondary N) is 1. The number of carbonyl (C=O) groups is 2. The second-order valence-corrected chi connectivity index (χ2v) is 4.28. The van der Waals surface area contributed by atoms with Gasteiger partial charge in [-0.2, -0.15) is 0 Å². The van der Waals surface area contributed by atoms with Crippen LogP contribution in [0.3, 0.4) is 0 Å². The molecule has 0 saturated carbocycles. The van der Waals surface area contributed by atoms with Crippen LogP contribution in [0.25, 0.3) is 0 Å². The molecule has 0 saturated heterocycles. The van der Waals surface area contributed by atoms with Gasteiger partial charge in [0.15, 0.2) is 5.69 Å². The average molecular weight is 251 g/mol. The highest BCUT2D eigenvalue weighted by atomic mass is 16.4. The van der Waals surface area contributed by atoms with Crippen LogP contribution in [-0.4, -0.2) is 27.5 Å².